The lowest BCUT2D eigenvalue weighted by atomic mass is 9.98. The number of amides is 2. The molecule has 0 fully saturated rings. The summed E-state index contributed by atoms with van der Waals surface area (Å²) in [6, 6.07) is 15.2. The van der Waals surface area contributed by atoms with Crippen LogP contribution in [-0.2, 0) is 9.53 Å². The Morgan fingerprint density at radius 1 is 1.00 bits per heavy atom. The Morgan fingerprint density at radius 2 is 1.60 bits per heavy atom. The first kappa shape index (κ1) is 24.4. The van der Waals surface area contributed by atoms with Gasteiger partial charge in [-0.25, -0.2) is 9.78 Å². The van der Waals surface area contributed by atoms with Gasteiger partial charge in [-0.2, -0.15) is 0 Å². The van der Waals surface area contributed by atoms with E-state index in [0.29, 0.717) is 5.01 Å². The average Bonchev–Trinajstić information content (AvgIpc) is 3.46. The number of aliphatic carboxylic acids is 1. The summed E-state index contributed by atoms with van der Waals surface area (Å²) >= 11 is 1.24. The first-order valence-electron chi connectivity index (χ1n) is 11.4. The van der Waals surface area contributed by atoms with E-state index < -0.39 is 36.0 Å². The predicted octanol–water partition coefficient (Wildman–Crippen LogP) is 4.58. The molecule has 1 aromatic heterocycles. The lowest BCUT2D eigenvalue weighted by molar-refractivity contribution is -0.141. The van der Waals surface area contributed by atoms with E-state index in [9.17, 15) is 14.4 Å². The Morgan fingerprint density at radius 3 is 2.20 bits per heavy atom. The summed E-state index contributed by atoms with van der Waals surface area (Å²) < 4.78 is 5.58. The second kappa shape index (κ2) is 10.3. The molecule has 0 bridgehead atoms. The van der Waals surface area contributed by atoms with Crippen LogP contribution in [-0.4, -0.2) is 40.7 Å². The van der Waals surface area contributed by atoms with Gasteiger partial charge in [-0.15, -0.1) is 11.3 Å². The smallest absolute Gasteiger partial charge is 0.407 e. The number of benzene rings is 2. The molecule has 4 rings (SSSR count). The number of hydrogen-bond donors (Lipinski definition) is 3. The van der Waals surface area contributed by atoms with Crippen molar-refractivity contribution in [1.29, 1.82) is 0 Å². The van der Waals surface area contributed by atoms with E-state index in [1.807, 2.05) is 24.3 Å². The molecular formula is C26H27N3O5S. The van der Waals surface area contributed by atoms with Gasteiger partial charge in [0.15, 0.2) is 0 Å². The molecule has 1 heterocycles. The van der Waals surface area contributed by atoms with E-state index in [0.717, 1.165) is 22.3 Å². The number of rotatable bonds is 8. The van der Waals surface area contributed by atoms with Gasteiger partial charge in [-0.3, -0.25) is 9.59 Å². The highest BCUT2D eigenvalue weighted by molar-refractivity contribution is 7.09. The zero-order valence-electron chi connectivity index (χ0n) is 19.6. The van der Waals surface area contributed by atoms with Crippen LogP contribution in [0.4, 0.5) is 4.79 Å². The third-order valence-electron chi connectivity index (χ3n) is 6.30. The molecule has 0 saturated heterocycles. The fraction of sp³-hybridized carbons (Fsp3) is 0.308. The van der Waals surface area contributed by atoms with Crippen molar-refractivity contribution in [3.05, 3.63) is 75.7 Å². The van der Waals surface area contributed by atoms with Crippen LogP contribution in [0.15, 0.2) is 53.9 Å². The molecule has 1 aliphatic rings. The van der Waals surface area contributed by atoms with Crippen molar-refractivity contribution in [3.8, 4) is 11.1 Å². The maximum atomic E-state index is 12.5. The van der Waals surface area contributed by atoms with Crippen molar-refractivity contribution in [3.63, 3.8) is 0 Å². The molecule has 3 unspecified atom stereocenters. The van der Waals surface area contributed by atoms with Crippen LogP contribution in [0.2, 0.25) is 0 Å². The second-order valence-electron chi connectivity index (χ2n) is 8.65. The molecule has 0 spiro atoms. The first-order chi connectivity index (χ1) is 16.8. The fourth-order valence-electron chi connectivity index (χ4n) is 4.09. The summed E-state index contributed by atoms with van der Waals surface area (Å²) in [5, 5.41) is 16.6. The lowest BCUT2D eigenvalue weighted by Crippen LogP contribution is -2.40. The Kier molecular flexibility index (Phi) is 7.16. The lowest BCUT2D eigenvalue weighted by Gasteiger charge is -2.17. The summed E-state index contributed by atoms with van der Waals surface area (Å²) in [6.45, 7) is 5.13. The van der Waals surface area contributed by atoms with Crippen LogP contribution in [0.5, 0.6) is 0 Å². The molecular weight excluding hydrogens is 466 g/mol. The maximum absolute atomic E-state index is 12.5. The van der Waals surface area contributed by atoms with Gasteiger partial charge >= 0.3 is 12.1 Å². The van der Waals surface area contributed by atoms with Crippen LogP contribution in [0.1, 0.15) is 59.4 Å². The number of carbonyl (C=O) groups excluding carboxylic acids is 2. The van der Waals surface area contributed by atoms with Crippen LogP contribution >= 0.6 is 11.3 Å². The Hall–Kier alpha value is -3.72. The standard InChI is InChI=1S/C26H27N3O5S/c1-14(25(31)32)15(2)27-23(30)22-13-35-24(29-22)16(3)28-26(33)34-12-21-19-10-6-4-8-17(19)18-9-5-7-11-20(18)21/h4-11,13-16,21H,12H2,1-3H3,(H,27,30)(H,28,33)(H,31,32). The number of hydrogen-bond acceptors (Lipinski definition) is 6. The number of nitrogens with one attached hydrogen (secondary N) is 2. The van der Waals surface area contributed by atoms with E-state index in [1.165, 1.54) is 18.3 Å². The molecule has 0 aliphatic heterocycles. The minimum Gasteiger partial charge on any atom is -0.481 e. The van der Waals surface area contributed by atoms with E-state index in [-0.39, 0.29) is 18.2 Å². The number of thiazole rings is 1. The highest BCUT2D eigenvalue weighted by Crippen LogP contribution is 2.44. The van der Waals surface area contributed by atoms with Crippen molar-refractivity contribution >= 4 is 29.3 Å². The zero-order chi connectivity index (χ0) is 25.1. The van der Waals surface area contributed by atoms with Crippen molar-refractivity contribution in [2.24, 2.45) is 5.92 Å². The van der Waals surface area contributed by atoms with Gasteiger partial charge in [0.1, 0.15) is 17.3 Å². The quantitative estimate of drug-likeness (QED) is 0.423. The normalized spacial score (nSPS) is 14.8. The number of carboxylic acid groups (broad SMARTS) is 1. The summed E-state index contributed by atoms with van der Waals surface area (Å²) in [6.07, 6.45) is -0.565. The molecule has 35 heavy (non-hydrogen) atoms. The van der Waals surface area contributed by atoms with E-state index in [1.54, 1.807) is 19.2 Å². The number of nitrogens with zero attached hydrogens (tertiary/aromatic N) is 1. The second-order valence-corrected chi connectivity index (χ2v) is 9.54. The molecule has 8 nitrogen and oxygen atoms in total. The molecule has 3 atom stereocenters. The molecule has 2 aromatic carbocycles. The summed E-state index contributed by atoms with van der Waals surface area (Å²) in [7, 11) is 0. The van der Waals surface area contributed by atoms with Crippen molar-refractivity contribution in [1.82, 2.24) is 15.6 Å². The summed E-state index contributed by atoms with van der Waals surface area (Å²) in [5.41, 5.74) is 4.76. The highest BCUT2D eigenvalue weighted by Gasteiger charge is 2.29. The molecule has 9 heteroatoms. The molecule has 1 aliphatic carbocycles. The number of carbonyl (C=O) groups is 3. The average molecular weight is 494 g/mol. The Bertz CT molecular complexity index is 1210. The summed E-state index contributed by atoms with van der Waals surface area (Å²) in [5.74, 6) is -2.21. The van der Waals surface area contributed by atoms with Crippen LogP contribution in [0, 0.1) is 5.92 Å². The molecule has 0 radical (unpaired) electrons. The van der Waals surface area contributed by atoms with E-state index in [2.05, 4.69) is 39.9 Å². The minimum atomic E-state index is -0.988. The Balaban J connectivity index is 1.34. The molecule has 182 valence electrons. The van der Waals surface area contributed by atoms with Gasteiger partial charge in [0.05, 0.1) is 12.0 Å². The van der Waals surface area contributed by atoms with Crippen molar-refractivity contribution in [2.75, 3.05) is 6.61 Å². The SMILES string of the molecule is CC(NC(=O)OCC1c2ccccc2-c2ccccc21)c1nc(C(=O)NC(C)C(C)C(=O)O)cs1. The van der Waals surface area contributed by atoms with Gasteiger partial charge in [0.2, 0.25) is 0 Å². The summed E-state index contributed by atoms with van der Waals surface area (Å²) in [4.78, 5) is 40.4. The van der Waals surface area contributed by atoms with E-state index in [4.69, 9.17) is 9.84 Å². The van der Waals surface area contributed by atoms with Gasteiger partial charge in [0.25, 0.3) is 5.91 Å². The maximum Gasteiger partial charge on any atom is 0.407 e. The predicted molar refractivity (Wildman–Crippen MR) is 132 cm³/mol. The van der Waals surface area contributed by atoms with Crippen LogP contribution in [0.25, 0.3) is 11.1 Å². The fourth-order valence-corrected chi connectivity index (χ4v) is 4.90. The third-order valence-corrected chi connectivity index (χ3v) is 7.33. The third kappa shape index (κ3) is 5.19. The highest BCUT2D eigenvalue weighted by atomic mass is 32.1. The van der Waals surface area contributed by atoms with Gasteiger partial charge < -0.3 is 20.5 Å². The molecule has 0 saturated carbocycles. The topological polar surface area (TPSA) is 118 Å². The van der Waals surface area contributed by atoms with Crippen LogP contribution < -0.4 is 10.6 Å². The van der Waals surface area contributed by atoms with Crippen LogP contribution in [0.3, 0.4) is 0 Å². The van der Waals surface area contributed by atoms with E-state index >= 15 is 0 Å². The number of aromatic nitrogens is 1. The van der Waals surface area contributed by atoms with Gasteiger partial charge in [-0.1, -0.05) is 48.5 Å². The van der Waals surface area contributed by atoms with Crippen molar-refractivity contribution in [2.45, 2.75) is 38.8 Å². The largest absolute Gasteiger partial charge is 0.481 e. The minimum absolute atomic E-state index is 0.0335. The number of carboxylic acids is 1. The Labute approximate surface area is 207 Å². The van der Waals surface area contributed by atoms with Gasteiger partial charge in [0, 0.05) is 17.3 Å². The zero-order valence-corrected chi connectivity index (χ0v) is 20.5. The monoisotopic (exact) mass is 493 g/mol. The number of alkyl carbamates (subject to hydrolysis) is 1. The molecule has 3 N–H and O–H groups in total. The molecule has 2 amide bonds. The molecule has 3 aromatic rings. The number of ether oxygens (including phenoxy) is 1. The first-order valence-corrected chi connectivity index (χ1v) is 12.2. The van der Waals surface area contributed by atoms with Crippen molar-refractivity contribution < 1.29 is 24.2 Å². The van der Waals surface area contributed by atoms with Gasteiger partial charge in [-0.05, 0) is 43.0 Å². The number of fused-ring (bicyclic) bond motifs is 3.